The molecule has 0 aliphatic rings. The molecule has 3 N–H and O–H groups in total. The van der Waals surface area contributed by atoms with Gasteiger partial charge in [-0.05, 0) is 65.4 Å². The number of aromatic amines is 1. The van der Waals surface area contributed by atoms with Crippen LogP contribution in [0.2, 0.25) is 0 Å². The van der Waals surface area contributed by atoms with Crippen molar-refractivity contribution in [1.82, 2.24) is 25.0 Å². The lowest BCUT2D eigenvalue weighted by Crippen LogP contribution is -2.38. The average Bonchev–Trinajstić information content (AvgIpc) is 3.24. The summed E-state index contributed by atoms with van der Waals surface area (Å²) in [4.78, 5) is 14.3. The number of hydrogen-bond donors (Lipinski definition) is 3. The molecule has 0 spiro atoms. The summed E-state index contributed by atoms with van der Waals surface area (Å²) in [5.74, 6) is 2.32. The number of methoxy groups -OCH3 is 1. The van der Waals surface area contributed by atoms with E-state index in [1.165, 1.54) is 11.8 Å². The Kier molecular flexibility index (Phi) is 5.87. The highest BCUT2D eigenvalue weighted by atomic mass is 32.2. The number of benzene rings is 1. The van der Waals surface area contributed by atoms with Crippen molar-refractivity contribution in [3.63, 3.8) is 0 Å². The van der Waals surface area contributed by atoms with Crippen molar-refractivity contribution in [1.29, 1.82) is 10.8 Å². The molecule has 0 unspecified atom stereocenters. The Hall–Kier alpha value is -3.40. The first kappa shape index (κ1) is 22.8. The number of hydrogen-bond acceptors (Lipinski definition) is 8. The van der Waals surface area contributed by atoms with Crippen LogP contribution in [0.4, 0.5) is 0 Å². The van der Waals surface area contributed by atoms with Crippen LogP contribution in [0.1, 0.15) is 38.0 Å². The van der Waals surface area contributed by atoms with Crippen molar-refractivity contribution >= 4 is 44.7 Å². The van der Waals surface area contributed by atoms with Crippen LogP contribution in [0.3, 0.4) is 0 Å². The Morgan fingerprint density at radius 1 is 1.18 bits per heavy atom. The van der Waals surface area contributed by atoms with Crippen molar-refractivity contribution in [3.05, 3.63) is 29.4 Å². The van der Waals surface area contributed by atoms with E-state index in [-0.39, 0.29) is 11.2 Å². The number of H-pyrrole nitrogens is 1. The highest BCUT2D eigenvalue weighted by molar-refractivity contribution is 8.13. The van der Waals surface area contributed by atoms with Crippen LogP contribution >= 0.6 is 11.8 Å². The largest absolute Gasteiger partial charge is 0.496 e. The molecule has 0 fully saturated rings. The molecule has 0 aliphatic heterocycles. The lowest BCUT2D eigenvalue weighted by atomic mass is 10.0. The van der Waals surface area contributed by atoms with Crippen LogP contribution in [-0.2, 0) is 0 Å². The predicted octanol–water partition coefficient (Wildman–Crippen LogP) is 5.43. The Morgan fingerprint density at radius 3 is 2.48 bits per heavy atom. The molecule has 3 aromatic heterocycles. The van der Waals surface area contributed by atoms with Gasteiger partial charge in [-0.3, -0.25) is 10.8 Å². The van der Waals surface area contributed by atoms with E-state index in [2.05, 4.69) is 20.1 Å². The Bertz CT molecular complexity index is 1380. The van der Waals surface area contributed by atoms with Crippen LogP contribution in [0, 0.1) is 31.6 Å². The highest BCUT2D eigenvalue weighted by Crippen LogP contribution is 2.41. The first-order valence-electron chi connectivity index (χ1n) is 10.5. The van der Waals surface area contributed by atoms with E-state index in [1.54, 1.807) is 18.9 Å². The highest BCUT2D eigenvalue weighted by Gasteiger charge is 2.23. The van der Waals surface area contributed by atoms with Gasteiger partial charge in [-0.25, -0.2) is 9.97 Å². The molecule has 10 heteroatoms. The average molecular weight is 466 g/mol. The number of nitrogens with zero attached hydrogens (tertiary/aromatic N) is 4. The minimum absolute atomic E-state index is 0.0124. The standard InChI is InChI=1S/C23H27N7O2S/c1-10(2)30(13(5)24)23(25)33-22-20-15-9-18(31-7)16(19-11(3)29-32-12(19)4)8-17(15)28-21(20)26-14(6)27-22/h8-10,24-25H,1-7H3,(H,26,27,28). The number of fused-ring (bicyclic) bond motifs is 3. The number of aryl methyl sites for hydroxylation is 3. The van der Waals surface area contributed by atoms with E-state index < -0.39 is 0 Å². The van der Waals surface area contributed by atoms with Gasteiger partial charge in [0.05, 0.1) is 29.6 Å². The summed E-state index contributed by atoms with van der Waals surface area (Å²) in [5.41, 5.74) is 4.13. The number of aromatic nitrogens is 4. The third-order valence-electron chi connectivity index (χ3n) is 5.44. The second-order valence-corrected chi connectivity index (χ2v) is 9.16. The van der Waals surface area contributed by atoms with Crippen molar-refractivity contribution in [2.45, 2.75) is 52.6 Å². The van der Waals surface area contributed by atoms with Crippen molar-refractivity contribution < 1.29 is 9.26 Å². The van der Waals surface area contributed by atoms with Crippen LogP contribution in [-0.4, -0.2) is 49.2 Å². The van der Waals surface area contributed by atoms with Crippen LogP contribution in [0.25, 0.3) is 33.1 Å². The van der Waals surface area contributed by atoms with Crippen molar-refractivity contribution in [2.75, 3.05) is 7.11 Å². The Balaban J connectivity index is 1.92. The van der Waals surface area contributed by atoms with Gasteiger partial charge in [0.25, 0.3) is 0 Å². The topological polar surface area (TPSA) is 128 Å². The molecular formula is C23H27N7O2S. The van der Waals surface area contributed by atoms with Gasteiger partial charge in [0.15, 0.2) is 5.17 Å². The number of rotatable bonds is 4. The quantitative estimate of drug-likeness (QED) is 0.159. The minimum atomic E-state index is -0.0124. The molecule has 1 aromatic carbocycles. The van der Waals surface area contributed by atoms with Gasteiger partial charge >= 0.3 is 0 Å². The maximum atomic E-state index is 8.64. The van der Waals surface area contributed by atoms with Gasteiger partial charge in [-0.15, -0.1) is 0 Å². The normalized spacial score (nSPS) is 11.5. The SMILES string of the molecule is COc1cc2c(cc1-c1c(C)noc1C)[nH]c1nc(C)nc(SC(=N)N(C(C)=N)C(C)C)c12. The summed E-state index contributed by atoms with van der Waals surface area (Å²) in [6.07, 6.45) is 0. The number of amidine groups is 2. The fourth-order valence-electron chi connectivity index (χ4n) is 4.12. The molecule has 33 heavy (non-hydrogen) atoms. The van der Waals surface area contributed by atoms with Crippen LogP contribution in [0.15, 0.2) is 21.7 Å². The fraction of sp³-hybridized carbons (Fsp3) is 0.348. The van der Waals surface area contributed by atoms with Gasteiger partial charge < -0.3 is 19.1 Å². The molecule has 4 rings (SSSR count). The molecule has 0 amide bonds. The van der Waals surface area contributed by atoms with Gasteiger partial charge in [0, 0.05) is 22.5 Å². The van der Waals surface area contributed by atoms with Gasteiger partial charge in [0.2, 0.25) is 0 Å². The lowest BCUT2D eigenvalue weighted by Gasteiger charge is -2.27. The van der Waals surface area contributed by atoms with Crippen LogP contribution in [0.5, 0.6) is 5.75 Å². The fourth-order valence-corrected chi connectivity index (χ4v) is 5.23. The summed E-state index contributed by atoms with van der Waals surface area (Å²) in [7, 11) is 1.64. The monoisotopic (exact) mass is 465 g/mol. The maximum Gasteiger partial charge on any atom is 0.168 e. The van der Waals surface area contributed by atoms with E-state index in [9.17, 15) is 0 Å². The first-order valence-corrected chi connectivity index (χ1v) is 11.4. The molecule has 9 nitrogen and oxygen atoms in total. The third-order valence-corrected chi connectivity index (χ3v) is 6.32. The smallest absolute Gasteiger partial charge is 0.168 e. The zero-order valence-electron chi connectivity index (χ0n) is 19.7. The molecule has 0 bridgehead atoms. The van der Waals surface area contributed by atoms with E-state index in [0.717, 1.165) is 38.9 Å². The predicted molar refractivity (Wildman–Crippen MR) is 132 cm³/mol. The van der Waals surface area contributed by atoms with E-state index >= 15 is 0 Å². The molecular weight excluding hydrogens is 438 g/mol. The van der Waals surface area contributed by atoms with Crippen molar-refractivity contribution in [2.24, 2.45) is 0 Å². The maximum absolute atomic E-state index is 8.64. The summed E-state index contributed by atoms with van der Waals surface area (Å²) in [6, 6.07) is 3.96. The summed E-state index contributed by atoms with van der Waals surface area (Å²) in [5, 5.41) is 23.4. The second-order valence-electron chi connectivity index (χ2n) is 8.18. The summed E-state index contributed by atoms with van der Waals surface area (Å²) >= 11 is 1.22. The molecule has 3 heterocycles. The first-order chi connectivity index (χ1) is 15.6. The molecule has 0 radical (unpaired) electrons. The zero-order valence-corrected chi connectivity index (χ0v) is 20.6. The van der Waals surface area contributed by atoms with E-state index in [4.69, 9.17) is 20.1 Å². The van der Waals surface area contributed by atoms with Crippen LogP contribution < -0.4 is 4.74 Å². The van der Waals surface area contributed by atoms with E-state index in [0.29, 0.717) is 28.1 Å². The second kappa shape index (κ2) is 8.51. The molecule has 4 aromatic rings. The minimum Gasteiger partial charge on any atom is -0.496 e. The number of thioether (sulfide) groups is 1. The summed E-state index contributed by atoms with van der Waals surface area (Å²) < 4.78 is 11.1. The molecule has 172 valence electrons. The van der Waals surface area contributed by atoms with Gasteiger partial charge in [0.1, 0.15) is 28.0 Å². The molecule has 0 aliphatic carbocycles. The van der Waals surface area contributed by atoms with Gasteiger partial charge in [-0.1, -0.05) is 5.16 Å². The Labute approximate surface area is 195 Å². The molecule has 0 atom stereocenters. The molecule has 0 saturated carbocycles. The third kappa shape index (κ3) is 3.95. The number of ether oxygens (including phenoxy) is 1. The Morgan fingerprint density at radius 2 is 1.91 bits per heavy atom. The molecule has 0 saturated heterocycles. The summed E-state index contributed by atoms with van der Waals surface area (Å²) in [6.45, 7) is 11.2. The lowest BCUT2D eigenvalue weighted by molar-refractivity contribution is 0.393. The zero-order chi connectivity index (χ0) is 24.0. The number of nitrogens with one attached hydrogen (secondary N) is 3. The van der Waals surface area contributed by atoms with Gasteiger partial charge in [-0.2, -0.15) is 0 Å². The van der Waals surface area contributed by atoms with Crippen molar-refractivity contribution in [3.8, 4) is 16.9 Å². The van der Waals surface area contributed by atoms with E-state index in [1.807, 2.05) is 46.8 Å².